The van der Waals surface area contributed by atoms with Crippen molar-refractivity contribution < 1.29 is 28.9 Å². The van der Waals surface area contributed by atoms with Gasteiger partial charge in [0.1, 0.15) is 11.3 Å². The van der Waals surface area contributed by atoms with Crippen LogP contribution < -0.4 is 5.43 Å². The van der Waals surface area contributed by atoms with Crippen molar-refractivity contribution in [2.75, 3.05) is 0 Å². The summed E-state index contributed by atoms with van der Waals surface area (Å²) in [4.78, 5) is 9.94. The average molecular weight is 285 g/mol. The van der Waals surface area contributed by atoms with Gasteiger partial charge < -0.3 is 24.2 Å². The summed E-state index contributed by atoms with van der Waals surface area (Å²) < 4.78 is 11.2. The molecule has 2 heterocycles. The normalized spacial score (nSPS) is 11.6. The molecule has 2 aromatic carbocycles. The molecule has 4 N–H and O–H groups in total. The maximum Gasteiger partial charge on any atom is 0.358 e. The third-order valence-electron chi connectivity index (χ3n) is 3.34. The van der Waals surface area contributed by atoms with Gasteiger partial charge in [0.2, 0.25) is 0 Å². The molecular formula is C15H9O6+. The molecule has 0 radical (unpaired) electrons. The van der Waals surface area contributed by atoms with Gasteiger partial charge in [-0.1, -0.05) is 0 Å². The van der Waals surface area contributed by atoms with E-state index in [1.807, 2.05) is 0 Å². The molecule has 21 heavy (non-hydrogen) atoms. The Morgan fingerprint density at radius 3 is 2.33 bits per heavy atom. The lowest BCUT2D eigenvalue weighted by atomic mass is 10.2. The third-order valence-corrected chi connectivity index (χ3v) is 3.34. The molecule has 0 bridgehead atoms. The summed E-state index contributed by atoms with van der Waals surface area (Å²) in [6, 6.07) is 6.79. The van der Waals surface area contributed by atoms with E-state index in [0.717, 1.165) is 0 Å². The van der Waals surface area contributed by atoms with Crippen molar-refractivity contribution in [3.05, 3.63) is 35.8 Å². The molecule has 0 saturated heterocycles. The number of phenolic OH excluding ortho intramolecular Hbond substituents is 3. The minimum absolute atomic E-state index is 0.126. The molecule has 0 saturated carbocycles. The predicted octanol–water partition coefficient (Wildman–Crippen LogP) is 2.45. The fraction of sp³-hybridized carbons (Fsp3) is 0. The molecule has 4 aromatic rings. The van der Waals surface area contributed by atoms with Gasteiger partial charge in [-0.05, 0) is 12.1 Å². The lowest BCUT2D eigenvalue weighted by Crippen LogP contribution is -1.99. The first-order valence-electron chi connectivity index (χ1n) is 6.10. The highest BCUT2D eigenvalue weighted by Gasteiger charge is 2.18. The second kappa shape index (κ2) is 3.69. The van der Waals surface area contributed by atoms with Crippen LogP contribution in [0.5, 0.6) is 17.2 Å². The highest BCUT2D eigenvalue weighted by atomic mass is 16.4. The second-order valence-corrected chi connectivity index (χ2v) is 4.76. The largest absolute Gasteiger partial charge is 0.507 e. The highest BCUT2D eigenvalue weighted by molar-refractivity contribution is 6.04. The molecule has 0 aliphatic rings. The number of benzene rings is 2. The van der Waals surface area contributed by atoms with E-state index in [0.29, 0.717) is 27.5 Å². The van der Waals surface area contributed by atoms with E-state index in [1.54, 1.807) is 6.07 Å². The van der Waals surface area contributed by atoms with Crippen LogP contribution in [0.25, 0.3) is 33.1 Å². The van der Waals surface area contributed by atoms with Crippen LogP contribution >= 0.6 is 0 Å². The standard InChI is InChI=1S/C15H8O6/c16-7-3-10(19)14-12(4-7)20-13-2-6-1-8(17)9(18)5-11(6)21-15(13)14/h1-5,16-18H/p+1. The van der Waals surface area contributed by atoms with Crippen LogP contribution in [0.3, 0.4) is 0 Å². The summed E-state index contributed by atoms with van der Waals surface area (Å²) in [6.45, 7) is 0. The Morgan fingerprint density at radius 1 is 0.762 bits per heavy atom. The summed E-state index contributed by atoms with van der Waals surface area (Å²) >= 11 is 0. The number of hydrogen-bond acceptors (Lipinski definition) is 5. The number of rotatable bonds is 0. The first kappa shape index (κ1) is 11.7. The molecule has 0 unspecified atom stereocenters. The van der Waals surface area contributed by atoms with Gasteiger partial charge >= 0.3 is 5.43 Å². The molecule has 0 spiro atoms. The summed E-state index contributed by atoms with van der Waals surface area (Å²) in [7, 11) is 0. The molecule has 6 nitrogen and oxygen atoms in total. The van der Waals surface area contributed by atoms with Crippen LogP contribution in [0.1, 0.15) is 0 Å². The van der Waals surface area contributed by atoms with E-state index in [4.69, 9.17) is 8.83 Å². The van der Waals surface area contributed by atoms with Crippen molar-refractivity contribution in [3.63, 3.8) is 0 Å². The second-order valence-electron chi connectivity index (χ2n) is 4.76. The minimum Gasteiger partial charge on any atom is -0.507 e. The first-order chi connectivity index (χ1) is 10.0. The summed E-state index contributed by atoms with van der Waals surface area (Å²) in [6.07, 6.45) is 0. The van der Waals surface area contributed by atoms with Gasteiger partial charge in [-0.2, -0.15) is 0 Å². The Kier molecular flexibility index (Phi) is 2.05. The molecule has 0 amide bonds. The van der Waals surface area contributed by atoms with E-state index >= 15 is 0 Å². The van der Waals surface area contributed by atoms with E-state index in [2.05, 4.69) is 0 Å². The van der Waals surface area contributed by atoms with Crippen LogP contribution in [0.2, 0.25) is 0 Å². The van der Waals surface area contributed by atoms with E-state index < -0.39 is 0 Å². The highest BCUT2D eigenvalue weighted by Crippen LogP contribution is 2.35. The Bertz CT molecular complexity index is 1090. The van der Waals surface area contributed by atoms with Gasteiger partial charge in [0.05, 0.1) is 6.07 Å². The van der Waals surface area contributed by atoms with Crippen molar-refractivity contribution in [3.8, 4) is 17.2 Å². The van der Waals surface area contributed by atoms with Crippen molar-refractivity contribution >= 4 is 33.1 Å². The lowest BCUT2D eigenvalue weighted by molar-refractivity contribution is 0.404. The molecule has 6 heteroatoms. The molecule has 4 rings (SSSR count). The average Bonchev–Trinajstić information content (AvgIpc) is 2.74. The molecular weight excluding hydrogens is 276 g/mol. The molecule has 0 atom stereocenters. The Hall–Kier alpha value is -3.15. The minimum atomic E-state index is -0.305. The molecule has 104 valence electrons. The zero-order valence-corrected chi connectivity index (χ0v) is 10.5. The maximum absolute atomic E-state index is 9.94. The lowest BCUT2D eigenvalue weighted by Gasteiger charge is -2.00. The Balaban J connectivity index is 2.24. The quantitative estimate of drug-likeness (QED) is 0.339. The molecule has 0 aliphatic carbocycles. The fourth-order valence-electron chi connectivity index (χ4n) is 2.41. The van der Waals surface area contributed by atoms with Crippen molar-refractivity contribution in [2.24, 2.45) is 0 Å². The number of furan rings is 1. The number of phenols is 3. The smallest absolute Gasteiger partial charge is 0.358 e. The number of hydrogen-bond donors (Lipinski definition) is 3. The summed E-state index contributed by atoms with van der Waals surface area (Å²) in [5, 5.41) is 29.4. The van der Waals surface area contributed by atoms with E-state index in [1.165, 1.54) is 24.3 Å². The zero-order chi connectivity index (χ0) is 14.7. The number of fused-ring (bicyclic) bond motifs is 4. The molecule has 2 aromatic heterocycles. The first-order valence-corrected chi connectivity index (χ1v) is 6.10. The van der Waals surface area contributed by atoms with Crippen LogP contribution in [0, 0.1) is 0 Å². The van der Waals surface area contributed by atoms with E-state index in [-0.39, 0.29) is 28.3 Å². The van der Waals surface area contributed by atoms with Gasteiger partial charge in [0, 0.05) is 17.5 Å². The summed E-state index contributed by atoms with van der Waals surface area (Å²) in [5.74, 6) is -0.701. The van der Waals surface area contributed by atoms with Crippen molar-refractivity contribution in [1.82, 2.24) is 0 Å². The van der Waals surface area contributed by atoms with Gasteiger partial charge in [-0.3, -0.25) is 4.79 Å². The topological polar surface area (TPSA) is 108 Å². The number of aromatic hydroxyl groups is 3. The zero-order valence-electron chi connectivity index (χ0n) is 10.5. The van der Waals surface area contributed by atoms with Crippen LogP contribution in [0.4, 0.5) is 0 Å². The Labute approximate surface area is 116 Å². The van der Waals surface area contributed by atoms with Gasteiger partial charge in [0.25, 0.3) is 0 Å². The predicted molar refractivity (Wildman–Crippen MR) is 73.6 cm³/mol. The maximum atomic E-state index is 9.94. The Morgan fingerprint density at radius 2 is 1.52 bits per heavy atom. The SMILES string of the molecule is Oc1cc(=[OH+])c2c(c1)oc1cc3cc(O)c(O)cc3oc12. The van der Waals surface area contributed by atoms with Crippen LogP contribution in [0.15, 0.2) is 39.2 Å². The van der Waals surface area contributed by atoms with E-state index in [9.17, 15) is 20.1 Å². The monoisotopic (exact) mass is 285 g/mol. The van der Waals surface area contributed by atoms with Crippen molar-refractivity contribution in [2.45, 2.75) is 0 Å². The fourth-order valence-corrected chi connectivity index (χ4v) is 2.41. The van der Waals surface area contributed by atoms with Crippen molar-refractivity contribution in [1.29, 1.82) is 0 Å². The third kappa shape index (κ3) is 1.56. The van der Waals surface area contributed by atoms with Crippen LogP contribution in [-0.2, 0) is 0 Å². The van der Waals surface area contributed by atoms with Gasteiger partial charge in [0.15, 0.2) is 33.6 Å². The van der Waals surface area contributed by atoms with Gasteiger partial charge in [-0.25, -0.2) is 0 Å². The van der Waals surface area contributed by atoms with Gasteiger partial charge in [-0.15, -0.1) is 0 Å². The molecule has 0 fully saturated rings. The molecule has 0 aliphatic heterocycles. The summed E-state index contributed by atoms with van der Waals surface area (Å²) in [5.41, 5.74) is 1.07. The van der Waals surface area contributed by atoms with Crippen LogP contribution in [-0.4, -0.2) is 20.1 Å².